The minimum atomic E-state index is -0.678. The fourth-order valence-corrected chi connectivity index (χ4v) is 1.32. The lowest BCUT2D eigenvalue weighted by atomic mass is 10.1. The van der Waals surface area contributed by atoms with Gasteiger partial charge in [-0.2, -0.15) is 0 Å². The third-order valence-corrected chi connectivity index (χ3v) is 2.53. The van der Waals surface area contributed by atoms with E-state index in [1.54, 1.807) is 13.0 Å². The van der Waals surface area contributed by atoms with Crippen molar-refractivity contribution in [2.24, 2.45) is 10.7 Å². The maximum Gasteiger partial charge on any atom is 0.249 e. The van der Waals surface area contributed by atoms with Gasteiger partial charge in [-0.05, 0) is 37.1 Å². The molecular formula is C20H31FN2O2. The molecule has 0 saturated carbocycles. The molecule has 1 amide bonds. The highest BCUT2D eigenvalue weighted by Crippen LogP contribution is 2.21. The van der Waals surface area contributed by atoms with Crippen LogP contribution in [0.5, 0.6) is 5.75 Å². The first-order valence-electron chi connectivity index (χ1n) is 8.54. The Kier molecular flexibility index (Phi) is 15.0. The SMILES string of the molecule is C=C(/C=N\C(=C/C)Oc1ccc(CC)cc1F)C(N)=O.CC.CCC. The van der Waals surface area contributed by atoms with Gasteiger partial charge in [0.15, 0.2) is 11.6 Å². The second kappa shape index (κ2) is 15.1. The maximum atomic E-state index is 13.8. The van der Waals surface area contributed by atoms with Crippen LogP contribution in [0.25, 0.3) is 0 Å². The number of nitrogens with zero attached hydrogens (tertiary/aromatic N) is 1. The molecular weight excluding hydrogens is 319 g/mol. The summed E-state index contributed by atoms with van der Waals surface area (Å²) in [6.45, 7) is 15.3. The number of aryl methyl sites for hydroxylation is 1. The molecule has 4 nitrogen and oxygen atoms in total. The molecule has 2 N–H and O–H groups in total. The van der Waals surface area contributed by atoms with Gasteiger partial charge in [0.25, 0.3) is 0 Å². The highest BCUT2D eigenvalue weighted by Gasteiger charge is 2.06. The number of carbonyl (C=O) groups is 1. The molecule has 1 aromatic carbocycles. The van der Waals surface area contributed by atoms with E-state index >= 15 is 0 Å². The van der Waals surface area contributed by atoms with E-state index in [9.17, 15) is 9.18 Å². The summed E-state index contributed by atoms with van der Waals surface area (Å²) in [6.07, 6.45) is 4.71. The van der Waals surface area contributed by atoms with Crippen molar-refractivity contribution < 1.29 is 13.9 Å². The van der Waals surface area contributed by atoms with E-state index in [1.807, 2.05) is 20.8 Å². The molecule has 0 heterocycles. The standard InChI is InChI=1S/C15H17FN2O2.C3H8.C2H6/c1-4-11-6-7-13(12(16)8-11)20-14(5-2)18-9-10(3)15(17)19;1-3-2;1-2/h5-9H,3-4H2,1-2H3,(H2,17,19);3H2,1-2H3;1-2H3/b14-5+,18-9-;;. The van der Waals surface area contributed by atoms with Crippen molar-refractivity contribution >= 4 is 12.1 Å². The van der Waals surface area contributed by atoms with E-state index in [1.165, 1.54) is 30.8 Å². The van der Waals surface area contributed by atoms with Crippen LogP contribution < -0.4 is 10.5 Å². The number of nitrogens with two attached hydrogens (primary N) is 1. The number of halogens is 1. The van der Waals surface area contributed by atoms with E-state index in [0.717, 1.165) is 12.0 Å². The van der Waals surface area contributed by atoms with Crippen LogP contribution in [0, 0.1) is 5.82 Å². The summed E-state index contributed by atoms with van der Waals surface area (Å²) in [4.78, 5) is 14.7. The molecule has 0 aliphatic carbocycles. The van der Waals surface area contributed by atoms with Crippen LogP contribution in [-0.2, 0) is 11.2 Å². The van der Waals surface area contributed by atoms with E-state index in [4.69, 9.17) is 10.5 Å². The molecule has 0 bridgehead atoms. The average Bonchev–Trinajstić information content (AvgIpc) is 2.61. The van der Waals surface area contributed by atoms with Gasteiger partial charge < -0.3 is 10.5 Å². The van der Waals surface area contributed by atoms with Crippen LogP contribution in [0.15, 0.2) is 47.3 Å². The molecule has 1 rings (SSSR count). The van der Waals surface area contributed by atoms with Gasteiger partial charge in [-0.1, -0.05) is 53.7 Å². The number of amides is 1. The second-order valence-electron chi connectivity index (χ2n) is 4.70. The topological polar surface area (TPSA) is 64.7 Å². The number of hydrogen-bond acceptors (Lipinski definition) is 3. The monoisotopic (exact) mass is 350 g/mol. The van der Waals surface area contributed by atoms with E-state index in [-0.39, 0.29) is 17.2 Å². The molecule has 0 unspecified atom stereocenters. The molecule has 0 spiro atoms. The van der Waals surface area contributed by atoms with Gasteiger partial charge in [0.1, 0.15) is 0 Å². The Morgan fingerprint density at radius 2 is 1.88 bits per heavy atom. The summed E-state index contributed by atoms with van der Waals surface area (Å²) in [5.74, 6) is -0.928. The first-order chi connectivity index (χ1) is 11.9. The van der Waals surface area contributed by atoms with Gasteiger partial charge in [-0.15, -0.1) is 0 Å². The predicted octanol–water partition coefficient (Wildman–Crippen LogP) is 5.18. The summed E-state index contributed by atoms with van der Waals surface area (Å²) in [5, 5.41) is 0. The Morgan fingerprint density at radius 1 is 1.32 bits per heavy atom. The van der Waals surface area contributed by atoms with Crippen LogP contribution in [-0.4, -0.2) is 12.1 Å². The van der Waals surface area contributed by atoms with Gasteiger partial charge >= 0.3 is 0 Å². The molecule has 0 fully saturated rings. The van der Waals surface area contributed by atoms with Crippen molar-refractivity contribution in [1.29, 1.82) is 0 Å². The molecule has 25 heavy (non-hydrogen) atoms. The number of allylic oxidation sites excluding steroid dienone is 1. The maximum absolute atomic E-state index is 13.8. The van der Waals surface area contributed by atoms with Gasteiger partial charge in [0, 0.05) is 6.21 Å². The average molecular weight is 350 g/mol. The van der Waals surface area contributed by atoms with Crippen molar-refractivity contribution in [1.82, 2.24) is 0 Å². The highest BCUT2D eigenvalue weighted by molar-refractivity contribution is 6.10. The number of aliphatic imine (C=N–C) groups is 1. The molecule has 0 aliphatic heterocycles. The largest absolute Gasteiger partial charge is 0.436 e. The van der Waals surface area contributed by atoms with Crippen LogP contribution in [0.1, 0.15) is 53.5 Å². The molecule has 0 saturated heterocycles. The first kappa shape index (κ1) is 24.8. The second-order valence-corrected chi connectivity index (χ2v) is 4.70. The number of primary amides is 1. The Labute approximate surface area is 151 Å². The third-order valence-electron chi connectivity index (χ3n) is 2.53. The van der Waals surface area contributed by atoms with Crippen molar-refractivity contribution in [2.75, 3.05) is 0 Å². The molecule has 1 aromatic rings. The summed E-state index contributed by atoms with van der Waals surface area (Å²) in [7, 11) is 0. The van der Waals surface area contributed by atoms with Crippen LogP contribution in [0.3, 0.4) is 0 Å². The summed E-state index contributed by atoms with van der Waals surface area (Å²) in [5.41, 5.74) is 5.94. The van der Waals surface area contributed by atoms with Crippen LogP contribution in [0.4, 0.5) is 4.39 Å². The van der Waals surface area contributed by atoms with Gasteiger partial charge in [0.05, 0.1) is 5.57 Å². The summed E-state index contributed by atoms with van der Waals surface area (Å²) >= 11 is 0. The summed E-state index contributed by atoms with van der Waals surface area (Å²) in [6, 6.07) is 4.72. The van der Waals surface area contributed by atoms with Gasteiger partial charge in [0.2, 0.25) is 11.8 Å². The fraction of sp³-hybridized carbons (Fsp3) is 0.400. The molecule has 0 radical (unpaired) electrons. The lowest BCUT2D eigenvalue weighted by Gasteiger charge is -2.07. The van der Waals surface area contributed by atoms with E-state index in [0.29, 0.717) is 0 Å². The number of ether oxygens (including phenoxy) is 1. The molecule has 0 atom stereocenters. The zero-order chi connectivity index (χ0) is 19.8. The van der Waals surface area contributed by atoms with Crippen LogP contribution >= 0.6 is 0 Å². The molecule has 0 aromatic heterocycles. The van der Waals surface area contributed by atoms with Gasteiger partial charge in [-0.25, -0.2) is 9.38 Å². The lowest BCUT2D eigenvalue weighted by Crippen LogP contribution is -2.13. The highest BCUT2D eigenvalue weighted by atomic mass is 19.1. The van der Waals surface area contributed by atoms with Crippen LogP contribution in [0.2, 0.25) is 0 Å². The number of hydrogen-bond donors (Lipinski definition) is 1. The Morgan fingerprint density at radius 3 is 2.28 bits per heavy atom. The lowest BCUT2D eigenvalue weighted by molar-refractivity contribution is -0.114. The third kappa shape index (κ3) is 10.9. The first-order valence-corrected chi connectivity index (χ1v) is 8.54. The normalized spacial score (nSPS) is 10.3. The van der Waals surface area contributed by atoms with E-state index in [2.05, 4.69) is 25.4 Å². The number of rotatable bonds is 6. The van der Waals surface area contributed by atoms with Crippen molar-refractivity contribution in [2.45, 2.75) is 54.4 Å². The fourth-order valence-electron chi connectivity index (χ4n) is 1.32. The predicted molar refractivity (Wildman–Crippen MR) is 104 cm³/mol. The minimum Gasteiger partial charge on any atom is -0.436 e. The smallest absolute Gasteiger partial charge is 0.249 e. The van der Waals surface area contributed by atoms with Crippen molar-refractivity contribution in [3.8, 4) is 5.75 Å². The molecule has 140 valence electrons. The molecule has 5 heteroatoms. The van der Waals surface area contributed by atoms with Crippen molar-refractivity contribution in [3.05, 3.63) is 53.7 Å². The number of carbonyl (C=O) groups excluding carboxylic acids is 1. The Hall–Kier alpha value is -2.43. The zero-order valence-electron chi connectivity index (χ0n) is 16.2. The van der Waals surface area contributed by atoms with Gasteiger partial charge in [-0.3, -0.25) is 4.79 Å². The minimum absolute atomic E-state index is 0.0368. The Bertz CT molecular complexity index is 593. The van der Waals surface area contributed by atoms with Crippen molar-refractivity contribution in [3.63, 3.8) is 0 Å². The summed E-state index contributed by atoms with van der Waals surface area (Å²) < 4.78 is 19.1. The zero-order valence-corrected chi connectivity index (χ0v) is 16.2. The number of benzene rings is 1. The molecule has 0 aliphatic rings. The quantitative estimate of drug-likeness (QED) is 0.436. The van der Waals surface area contributed by atoms with E-state index < -0.39 is 11.7 Å². The Balaban J connectivity index is 0.